The molecule has 2 aromatic rings. The first-order valence-corrected chi connectivity index (χ1v) is 8.68. The van der Waals surface area contributed by atoms with Crippen LogP contribution in [0.3, 0.4) is 0 Å². The SMILES string of the molecule is C=CCn1c(C)nnc1S[C@@H](C)C(=O)c1[nH]c(C)c(C(=O)OC)c1C. The van der Waals surface area contributed by atoms with E-state index in [-0.39, 0.29) is 5.78 Å². The number of ketones is 1. The highest BCUT2D eigenvalue weighted by Gasteiger charge is 2.27. The molecule has 0 amide bonds. The van der Waals surface area contributed by atoms with Crippen LogP contribution in [0.5, 0.6) is 0 Å². The zero-order valence-electron chi connectivity index (χ0n) is 15.0. The number of nitrogens with zero attached hydrogens (tertiary/aromatic N) is 3. The zero-order valence-corrected chi connectivity index (χ0v) is 15.9. The van der Waals surface area contributed by atoms with Crippen LogP contribution in [0.2, 0.25) is 0 Å². The van der Waals surface area contributed by atoms with Gasteiger partial charge in [-0.05, 0) is 33.3 Å². The predicted octanol–water partition coefficient (Wildman–Crippen LogP) is 2.87. The second-order valence-corrected chi connectivity index (χ2v) is 6.98. The van der Waals surface area contributed by atoms with Crippen LogP contribution in [-0.2, 0) is 11.3 Å². The van der Waals surface area contributed by atoms with Crippen molar-refractivity contribution < 1.29 is 14.3 Å². The summed E-state index contributed by atoms with van der Waals surface area (Å²) >= 11 is 1.33. The Morgan fingerprint density at radius 1 is 1.36 bits per heavy atom. The molecule has 0 aliphatic heterocycles. The van der Waals surface area contributed by atoms with Gasteiger partial charge in [-0.3, -0.25) is 4.79 Å². The van der Waals surface area contributed by atoms with E-state index in [1.165, 1.54) is 18.9 Å². The predicted molar refractivity (Wildman–Crippen MR) is 96.2 cm³/mol. The van der Waals surface area contributed by atoms with Gasteiger partial charge in [0.15, 0.2) is 10.9 Å². The van der Waals surface area contributed by atoms with Crippen molar-refractivity contribution in [3.8, 4) is 0 Å². The van der Waals surface area contributed by atoms with E-state index in [2.05, 4.69) is 21.8 Å². The molecule has 8 heteroatoms. The summed E-state index contributed by atoms with van der Waals surface area (Å²) < 4.78 is 6.68. The number of carbonyl (C=O) groups excluding carboxylic acids is 2. The Balaban J connectivity index is 2.27. The van der Waals surface area contributed by atoms with E-state index in [9.17, 15) is 9.59 Å². The van der Waals surface area contributed by atoms with Crippen LogP contribution < -0.4 is 0 Å². The number of thioether (sulfide) groups is 1. The molecule has 1 atom stereocenters. The van der Waals surface area contributed by atoms with Gasteiger partial charge in [0.2, 0.25) is 0 Å². The number of esters is 1. The molecule has 2 heterocycles. The minimum atomic E-state index is -0.452. The molecule has 0 aliphatic carbocycles. The summed E-state index contributed by atoms with van der Waals surface area (Å²) in [5, 5.41) is 8.45. The summed E-state index contributed by atoms with van der Waals surface area (Å²) in [7, 11) is 1.32. The van der Waals surface area contributed by atoms with Gasteiger partial charge >= 0.3 is 5.97 Å². The standard InChI is InChI=1S/C17H22N4O3S/c1-7-8-21-12(5)19-20-17(21)25-11(4)15(22)14-9(2)13(10(3)18-14)16(23)24-6/h7,11,18H,1,8H2,2-6H3/t11-/m0/s1. The maximum atomic E-state index is 12.8. The minimum absolute atomic E-state index is 0.105. The van der Waals surface area contributed by atoms with E-state index in [0.717, 1.165) is 5.82 Å². The Labute approximate surface area is 150 Å². The number of ether oxygens (including phenoxy) is 1. The van der Waals surface area contributed by atoms with Gasteiger partial charge in [0.25, 0.3) is 0 Å². The van der Waals surface area contributed by atoms with Crippen LogP contribution >= 0.6 is 11.8 Å². The van der Waals surface area contributed by atoms with Gasteiger partial charge in [-0.25, -0.2) is 4.79 Å². The second kappa shape index (κ2) is 7.69. The highest BCUT2D eigenvalue weighted by Crippen LogP contribution is 2.27. The van der Waals surface area contributed by atoms with Crippen molar-refractivity contribution in [1.29, 1.82) is 0 Å². The van der Waals surface area contributed by atoms with Crippen molar-refractivity contribution in [3.63, 3.8) is 0 Å². The molecule has 0 aromatic carbocycles. The molecule has 7 nitrogen and oxygen atoms in total. The lowest BCUT2D eigenvalue weighted by molar-refractivity contribution is 0.0599. The summed E-state index contributed by atoms with van der Waals surface area (Å²) in [6, 6.07) is 0. The van der Waals surface area contributed by atoms with Crippen molar-refractivity contribution in [1.82, 2.24) is 19.7 Å². The number of H-pyrrole nitrogens is 1. The average Bonchev–Trinajstić information content (AvgIpc) is 3.07. The van der Waals surface area contributed by atoms with Gasteiger partial charge < -0.3 is 14.3 Å². The van der Waals surface area contributed by atoms with Gasteiger partial charge in [0.1, 0.15) is 5.82 Å². The molecule has 2 aromatic heterocycles. The van der Waals surface area contributed by atoms with Gasteiger partial charge in [-0.15, -0.1) is 16.8 Å². The normalized spacial score (nSPS) is 12.0. The Morgan fingerprint density at radius 2 is 2.04 bits per heavy atom. The molecule has 25 heavy (non-hydrogen) atoms. The monoisotopic (exact) mass is 362 g/mol. The van der Waals surface area contributed by atoms with Gasteiger partial charge in [0, 0.05) is 12.2 Å². The Hall–Kier alpha value is -2.35. The fourth-order valence-corrected chi connectivity index (χ4v) is 3.57. The first kappa shape index (κ1) is 19.0. The molecular formula is C17H22N4O3S. The lowest BCUT2D eigenvalue weighted by Gasteiger charge is -2.11. The van der Waals surface area contributed by atoms with Crippen molar-refractivity contribution in [3.05, 3.63) is 41.0 Å². The van der Waals surface area contributed by atoms with Crippen LogP contribution in [-0.4, -0.2) is 43.9 Å². The smallest absolute Gasteiger partial charge is 0.339 e. The second-order valence-electron chi connectivity index (χ2n) is 5.67. The van der Waals surface area contributed by atoms with Gasteiger partial charge in [0.05, 0.1) is 23.6 Å². The van der Waals surface area contributed by atoms with Crippen LogP contribution in [0.25, 0.3) is 0 Å². The summed E-state index contributed by atoms with van der Waals surface area (Å²) in [4.78, 5) is 27.7. The summed E-state index contributed by atoms with van der Waals surface area (Å²) in [5.74, 6) is 0.209. The molecule has 0 spiro atoms. The molecule has 0 saturated carbocycles. The maximum Gasteiger partial charge on any atom is 0.339 e. The quantitative estimate of drug-likeness (QED) is 0.352. The third kappa shape index (κ3) is 3.68. The number of aryl methyl sites for hydroxylation is 2. The molecule has 134 valence electrons. The van der Waals surface area contributed by atoms with Crippen molar-refractivity contribution in [2.24, 2.45) is 0 Å². The van der Waals surface area contributed by atoms with Crippen LogP contribution in [0.1, 0.15) is 44.9 Å². The lowest BCUT2D eigenvalue weighted by Crippen LogP contribution is -2.16. The number of methoxy groups -OCH3 is 1. The number of hydrogen-bond acceptors (Lipinski definition) is 6. The maximum absolute atomic E-state index is 12.8. The number of aromatic amines is 1. The zero-order chi connectivity index (χ0) is 18.7. The largest absolute Gasteiger partial charge is 0.465 e. The Kier molecular flexibility index (Phi) is 5.84. The number of nitrogens with one attached hydrogen (secondary N) is 1. The highest BCUT2D eigenvalue weighted by atomic mass is 32.2. The summed E-state index contributed by atoms with van der Waals surface area (Å²) in [6.45, 7) is 11.5. The van der Waals surface area contributed by atoms with Crippen molar-refractivity contribution >= 4 is 23.5 Å². The van der Waals surface area contributed by atoms with Crippen LogP contribution in [0.4, 0.5) is 0 Å². The molecular weight excluding hydrogens is 340 g/mol. The lowest BCUT2D eigenvalue weighted by atomic mass is 10.1. The Bertz CT molecular complexity index is 822. The average molecular weight is 362 g/mol. The Morgan fingerprint density at radius 3 is 2.64 bits per heavy atom. The number of Topliss-reactive ketones (excluding diaryl/α,β-unsaturated/α-hetero) is 1. The number of carbonyl (C=O) groups is 2. The van der Waals surface area contributed by atoms with Crippen molar-refractivity contribution in [2.45, 2.75) is 44.6 Å². The highest BCUT2D eigenvalue weighted by molar-refractivity contribution is 8.00. The topological polar surface area (TPSA) is 89.9 Å². The summed E-state index contributed by atoms with van der Waals surface area (Å²) in [6.07, 6.45) is 1.76. The third-order valence-electron chi connectivity index (χ3n) is 3.94. The van der Waals surface area contributed by atoms with E-state index in [4.69, 9.17) is 4.74 Å². The number of hydrogen-bond donors (Lipinski definition) is 1. The van der Waals surface area contributed by atoms with E-state index in [1.807, 2.05) is 18.4 Å². The van der Waals surface area contributed by atoms with Gasteiger partial charge in [-0.1, -0.05) is 17.8 Å². The van der Waals surface area contributed by atoms with Crippen LogP contribution in [0.15, 0.2) is 17.8 Å². The van der Waals surface area contributed by atoms with Gasteiger partial charge in [-0.2, -0.15) is 0 Å². The molecule has 0 fully saturated rings. The summed E-state index contributed by atoms with van der Waals surface area (Å²) in [5.41, 5.74) is 2.05. The minimum Gasteiger partial charge on any atom is -0.465 e. The molecule has 0 aliphatic rings. The van der Waals surface area contributed by atoms with E-state index in [1.54, 1.807) is 19.9 Å². The number of rotatable bonds is 7. The van der Waals surface area contributed by atoms with E-state index < -0.39 is 11.2 Å². The van der Waals surface area contributed by atoms with E-state index >= 15 is 0 Å². The fraction of sp³-hybridized carbons (Fsp3) is 0.412. The van der Waals surface area contributed by atoms with E-state index in [0.29, 0.717) is 34.2 Å². The third-order valence-corrected chi connectivity index (χ3v) is 5.02. The van der Waals surface area contributed by atoms with Crippen molar-refractivity contribution in [2.75, 3.05) is 7.11 Å². The molecule has 2 rings (SSSR count). The molecule has 0 saturated heterocycles. The fourth-order valence-electron chi connectivity index (χ4n) is 2.61. The first-order chi connectivity index (χ1) is 11.8. The molecule has 1 N–H and O–H groups in total. The number of allylic oxidation sites excluding steroid dienone is 1. The molecule has 0 radical (unpaired) electrons. The molecule has 0 bridgehead atoms. The number of aromatic nitrogens is 4. The first-order valence-electron chi connectivity index (χ1n) is 7.80. The molecule has 0 unspecified atom stereocenters. The van der Waals surface area contributed by atoms with Crippen LogP contribution in [0, 0.1) is 20.8 Å².